The first kappa shape index (κ1) is 20.3. The number of imidazole rings is 1. The van der Waals surface area contributed by atoms with E-state index in [0.29, 0.717) is 29.5 Å². The molecule has 0 spiro atoms. The minimum Gasteiger partial charge on any atom is -0.480 e. The van der Waals surface area contributed by atoms with Crippen LogP contribution in [0.5, 0.6) is 0 Å². The van der Waals surface area contributed by atoms with Gasteiger partial charge in [0.05, 0.1) is 0 Å². The van der Waals surface area contributed by atoms with Gasteiger partial charge in [-0.2, -0.15) is 9.97 Å². The molecule has 2 heterocycles. The Morgan fingerprint density at radius 2 is 1.77 bits per heavy atom. The first-order valence-corrected chi connectivity index (χ1v) is 10.2. The number of aryl methyl sites for hydroxylation is 1. The Kier molecular flexibility index (Phi) is 6.07. The Bertz CT molecular complexity index is 1160. The Balaban J connectivity index is 1.60. The van der Waals surface area contributed by atoms with Crippen LogP contribution in [0.2, 0.25) is 0 Å². The molecule has 4 rings (SSSR count). The van der Waals surface area contributed by atoms with E-state index in [1.54, 1.807) is 13.3 Å². The molecule has 2 aromatic heterocycles. The Morgan fingerprint density at radius 1 is 1.06 bits per heavy atom. The highest BCUT2D eigenvalue weighted by Crippen LogP contribution is 2.24. The van der Waals surface area contributed by atoms with Gasteiger partial charge in [0.25, 0.3) is 0 Å². The summed E-state index contributed by atoms with van der Waals surface area (Å²) in [5, 5.41) is 15.5. The molecule has 1 atom stereocenters. The zero-order valence-electron chi connectivity index (χ0n) is 17.2. The first-order valence-electron chi connectivity index (χ1n) is 10.2. The van der Waals surface area contributed by atoms with E-state index in [1.807, 2.05) is 53.1 Å². The fourth-order valence-corrected chi connectivity index (χ4v) is 3.26. The van der Waals surface area contributed by atoms with E-state index in [2.05, 4.69) is 37.7 Å². The van der Waals surface area contributed by atoms with Gasteiger partial charge in [0, 0.05) is 12.2 Å². The number of nitrogens with one attached hydrogen (secondary N) is 2. The van der Waals surface area contributed by atoms with Crippen molar-refractivity contribution in [2.45, 2.75) is 25.8 Å². The predicted octanol–water partition coefficient (Wildman–Crippen LogP) is 3.75. The lowest BCUT2D eigenvalue weighted by molar-refractivity contribution is -0.137. The standard InChI is InChI=1S/C23H24N6O2/c1-16(22(30)31)26-20-19-21(29(15-25-19)18-12-6-3-7-13-18)28-23(27-20)24-14-8-11-17-9-4-2-5-10-17/h2-7,9-10,12-13,15-16H,8,11,14H2,1H3,(H,30,31)(H2,24,26,27,28). The molecule has 8 nitrogen and oxygen atoms in total. The Hall–Kier alpha value is -3.94. The third-order valence-corrected chi connectivity index (χ3v) is 4.92. The maximum absolute atomic E-state index is 11.3. The smallest absolute Gasteiger partial charge is 0.325 e. The van der Waals surface area contributed by atoms with E-state index in [1.165, 1.54) is 5.56 Å². The van der Waals surface area contributed by atoms with E-state index in [0.717, 1.165) is 18.5 Å². The minimum atomic E-state index is -0.966. The van der Waals surface area contributed by atoms with Gasteiger partial charge in [-0.25, -0.2) is 4.98 Å². The van der Waals surface area contributed by atoms with Gasteiger partial charge in [-0.15, -0.1) is 0 Å². The molecule has 0 bridgehead atoms. The largest absolute Gasteiger partial charge is 0.480 e. The number of fused-ring (bicyclic) bond motifs is 1. The fraction of sp³-hybridized carbons (Fsp3) is 0.217. The van der Waals surface area contributed by atoms with Crippen molar-refractivity contribution >= 4 is 28.9 Å². The van der Waals surface area contributed by atoms with Crippen LogP contribution in [0.15, 0.2) is 67.0 Å². The summed E-state index contributed by atoms with van der Waals surface area (Å²) in [6, 6.07) is 19.2. The third kappa shape index (κ3) is 4.80. The zero-order valence-corrected chi connectivity index (χ0v) is 17.2. The van der Waals surface area contributed by atoms with Crippen molar-refractivity contribution < 1.29 is 9.90 Å². The first-order chi connectivity index (χ1) is 15.1. The number of para-hydroxylation sites is 1. The molecule has 31 heavy (non-hydrogen) atoms. The molecule has 2 aromatic carbocycles. The summed E-state index contributed by atoms with van der Waals surface area (Å²) in [5.74, 6) is -0.148. The van der Waals surface area contributed by atoms with Gasteiger partial charge < -0.3 is 15.7 Å². The Morgan fingerprint density at radius 3 is 2.48 bits per heavy atom. The molecule has 0 aliphatic rings. The molecule has 0 fully saturated rings. The minimum absolute atomic E-state index is 0.389. The summed E-state index contributed by atoms with van der Waals surface area (Å²) in [7, 11) is 0. The molecule has 0 aliphatic heterocycles. The van der Waals surface area contributed by atoms with Gasteiger partial charge in [-0.1, -0.05) is 48.5 Å². The number of hydrogen-bond acceptors (Lipinski definition) is 6. The third-order valence-electron chi connectivity index (χ3n) is 4.92. The van der Waals surface area contributed by atoms with Gasteiger partial charge in [-0.05, 0) is 37.5 Å². The van der Waals surface area contributed by atoms with Crippen molar-refractivity contribution in [2.75, 3.05) is 17.2 Å². The fourth-order valence-electron chi connectivity index (χ4n) is 3.26. The van der Waals surface area contributed by atoms with Crippen LogP contribution >= 0.6 is 0 Å². The molecule has 0 aliphatic carbocycles. The lowest BCUT2D eigenvalue weighted by atomic mass is 10.1. The average molecular weight is 416 g/mol. The van der Waals surface area contributed by atoms with Crippen LogP contribution < -0.4 is 10.6 Å². The molecule has 8 heteroatoms. The zero-order chi connectivity index (χ0) is 21.6. The van der Waals surface area contributed by atoms with Crippen LogP contribution in [0.1, 0.15) is 18.9 Å². The van der Waals surface area contributed by atoms with Crippen molar-refractivity contribution in [1.29, 1.82) is 0 Å². The number of carbonyl (C=O) groups is 1. The summed E-state index contributed by atoms with van der Waals surface area (Å²) < 4.78 is 1.86. The van der Waals surface area contributed by atoms with Gasteiger partial charge in [0.2, 0.25) is 5.95 Å². The van der Waals surface area contributed by atoms with Crippen LogP contribution in [-0.2, 0) is 11.2 Å². The number of hydrogen-bond donors (Lipinski definition) is 3. The number of aromatic nitrogens is 4. The van der Waals surface area contributed by atoms with Crippen LogP contribution in [0.25, 0.3) is 16.9 Å². The van der Waals surface area contributed by atoms with Crippen molar-refractivity contribution in [1.82, 2.24) is 19.5 Å². The highest BCUT2D eigenvalue weighted by molar-refractivity contribution is 5.88. The maximum atomic E-state index is 11.3. The monoisotopic (exact) mass is 416 g/mol. The lowest BCUT2D eigenvalue weighted by Crippen LogP contribution is -2.26. The van der Waals surface area contributed by atoms with Crippen LogP contribution in [0.3, 0.4) is 0 Å². The number of benzene rings is 2. The molecular weight excluding hydrogens is 392 g/mol. The predicted molar refractivity (Wildman–Crippen MR) is 121 cm³/mol. The second-order valence-electron chi connectivity index (χ2n) is 7.24. The van der Waals surface area contributed by atoms with E-state index in [9.17, 15) is 9.90 Å². The number of rotatable bonds is 9. The molecule has 0 radical (unpaired) electrons. The molecule has 4 aromatic rings. The Labute approximate surface area is 180 Å². The second kappa shape index (κ2) is 9.25. The van der Waals surface area contributed by atoms with Gasteiger partial charge >= 0.3 is 5.97 Å². The van der Waals surface area contributed by atoms with E-state index in [4.69, 9.17) is 0 Å². The quantitative estimate of drug-likeness (QED) is 0.357. The summed E-state index contributed by atoms with van der Waals surface area (Å²) in [6.45, 7) is 2.26. The van der Waals surface area contributed by atoms with Crippen molar-refractivity contribution in [3.05, 3.63) is 72.6 Å². The summed E-state index contributed by atoms with van der Waals surface area (Å²) >= 11 is 0. The van der Waals surface area contributed by atoms with Crippen molar-refractivity contribution in [3.63, 3.8) is 0 Å². The van der Waals surface area contributed by atoms with Gasteiger partial charge in [0.1, 0.15) is 12.4 Å². The van der Waals surface area contributed by atoms with E-state index in [-0.39, 0.29) is 0 Å². The van der Waals surface area contributed by atoms with Crippen LogP contribution in [0, 0.1) is 0 Å². The highest BCUT2D eigenvalue weighted by atomic mass is 16.4. The summed E-state index contributed by atoms with van der Waals surface area (Å²) in [5.41, 5.74) is 3.31. The van der Waals surface area contributed by atoms with E-state index < -0.39 is 12.0 Å². The normalized spacial score (nSPS) is 11.9. The van der Waals surface area contributed by atoms with Gasteiger partial charge in [0.15, 0.2) is 17.0 Å². The van der Waals surface area contributed by atoms with Gasteiger partial charge in [-0.3, -0.25) is 9.36 Å². The lowest BCUT2D eigenvalue weighted by Gasteiger charge is -2.13. The second-order valence-corrected chi connectivity index (χ2v) is 7.24. The molecular formula is C23H24N6O2. The van der Waals surface area contributed by atoms with Crippen LogP contribution in [-0.4, -0.2) is 43.2 Å². The van der Waals surface area contributed by atoms with E-state index >= 15 is 0 Å². The maximum Gasteiger partial charge on any atom is 0.325 e. The molecule has 158 valence electrons. The number of anilines is 2. The van der Waals surface area contributed by atoms with Crippen molar-refractivity contribution in [2.24, 2.45) is 0 Å². The summed E-state index contributed by atoms with van der Waals surface area (Å²) in [4.78, 5) is 25.0. The molecule has 3 N–H and O–H groups in total. The number of nitrogens with zero attached hydrogens (tertiary/aromatic N) is 4. The number of carboxylic acid groups (broad SMARTS) is 1. The number of carboxylic acids is 1. The molecule has 1 unspecified atom stereocenters. The van der Waals surface area contributed by atoms with Crippen molar-refractivity contribution in [3.8, 4) is 5.69 Å². The van der Waals surface area contributed by atoms with Crippen LogP contribution in [0.4, 0.5) is 11.8 Å². The topological polar surface area (TPSA) is 105 Å². The average Bonchev–Trinajstić information content (AvgIpc) is 3.22. The molecule has 0 saturated carbocycles. The molecule has 0 saturated heterocycles. The summed E-state index contributed by atoms with van der Waals surface area (Å²) in [6.07, 6.45) is 3.53. The SMILES string of the molecule is CC(Nc1nc(NCCCc2ccccc2)nc2c1ncn2-c1ccccc1)C(=O)O. The number of aliphatic carboxylic acids is 1. The highest BCUT2D eigenvalue weighted by Gasteiger charge is 2.18. The molecule has 0 amide bonds.